The van der Waals surface area contributed by atoms with Crippen molar-refractivity contribution >= 4 is 23.3 Å². The molecule has 1 aliphatic rings. The molecular formula is C11H9NO4. The van der Waals surface area contributed by atoms with Gasteiger partial charge in [0, 0.05) is 12.1 Å². The molecule has 1 aromatic rings. The van der Waals surface area contributed by atoms with E-state index in [-0.39, 0.29) is 6.42 Å². The lowest BCUT2D eigenvalue weighted by Crippen LogP contribution is -2.44. The first-order valence-electron chi connectivity index (χ1n) is 4.74. The van der Waals surface area contributed by atoms with Gasteiger partial charge in [-0.25, -0.2) is 0 Å². The first-order chi connectivity index (χ1) is 7.59. The highest BCUT2D eigenvalue weighted by Gasteiger charge is 2.31. The minimum absolute atomic E-state index is 0.0468. The zero-order valence-electron chi connectivity index (χ0n) is 8.34. The summed E-state index contributed by atoms with van der Waals surface area (Å²) in [4.78, 5) is 34.5. The van der Waals surface area contributed by atoms with Gasteiger partial charge in [0.25, 0.3) is 5.91 Å². The molecule has 16 heavy (non-hydrogen) atoms. The second-order valence-electron chi connectivity index (χ2n) is 3.51. The van der Waals surface area contributed by atoms with Crippen LogP contribution < -0.4 is 4.90 Å². The van der Waals surface area contributed by atoms with Crippen molar-refractivity contribution in [2.75, 3.05) is 11.4 Å². The van der Waals surface area contributed by atoms with E-state index in [2.05, 4.69) is 0 Å². The molecule has 0 radical (unpaired) electrons. The van der Waals surface area contributed by atoms with Crippen molar-refractivity contribution in [3.63, 3.8) is 0 Å². The lowest BCUT2D eigenvalue weighted by molar-refractivity contribution is -0.139. The number of carboxylic acids is 1. The zero-order chi connectivity index (χ0) is 11.7. The first-order valence-corrected chi connectivity index (χ1v) is 4.74. The number of ketones is 1. The Bertz CT molecular complexity index is 481. The van der Waals surface area contributed by atoms with Gasteiger partial charge in [0.2, 0.25) is 5.78 Å². The van der Waals surface area contributed by atoms with E-state index < -0.39 is 24.2 Å². The summed E-state index contributed by atoms with van der Waals surface area (Å²) in [6.07, 6.45) is 0.0468. The van der Waals surface area contributed by atoms with Crippen LogP contribution in [-0.2, 0) is 20.8 Å². The van der Waals surface area contributed by atoms with Crippen LogP contribution in [-0.4, -0.2) is 29.3 Å². The molecule has 0 bridgehead atoms. The monoisotopic (exact) mass is 219 g/mol. The summed E-state index contributed by atoms with van der Waals surface area (Å²) in [5.41, 5.74) is 1.20. The molecule has 1 aliphatic heterocycles. The fourth-order valence-electron chi connectivity index (χ4n) is 1.72. The number of anilines is 1. The number of Topliss-reactive ketones (excluding diaryl/α,β-unsaturated/α-hetero) is 1. The SMILES string of the molecule is O=C(O)CN1C(=O)C(=O)Cc2ccccc21. The van der Waals surface area contributed by atoms with E-state index >= 15 is 0 Å². The Morgan fingerprint density at radius 2 is 2.00 bits per heavy atom. The van der Waals surface area contributed by atoms with Gasteiger partial charge < -0.3 is 5.11 Å². The van der Waals surface area contributed by atoms with Crippen LogP contribution in [0.4, 0.5) is 5.69 Å². The predicted molar refractivity (Wildman–Crippen MR) is 55.1 cm³/mol. The fraction of sp³-hybridized carbons (Fsp3) is 0.182. The molecule has 1 heterocycles. The van der Waals surface area contributed by atoms with E-state index in [1.165, 1.54) is 0 Å². The first kappa shape index (κ1) is 10.4. The van der Waals surface area contributed by atoms with Gasteiger partial charge in [-0.1, -0.05) is 18.2 Å². The smallest absolute Gasteiger partial charge is 0.323 e. The zero-order valence-corrected chi connectivity index (χ0v) is 8.34. The number of amides is 1. The molecule has 1 amide bonds. The summed E-state index contributed by atoms with van der Waals surface area (Å²) < 4.78 is 0. The number of carboxylic acid groups (broad SMARTS) is 1. The molecule has 1 N–H and O–H groups in total. The van der Waals surface area contributed by atoms with Crippen molar-refractivity contribution in [3.05, 3.63) is 29.8 Å². The molecule has 0 unspecified atom stereocenters. The number of rotatable bonds is 2. The van der Waals surface area contributed by atoms with Gasteiger partial charge in [-0.3, -0.25) is 19.3 Å². The molecule has 0 fully saturated rings. The van der Waals surface area contributed by atoms with E-state index in [1.807, 2.05) is 0 Å². The maximum absolute atomic E-state index is 11.5. The highest BCUT2D eigenvalue weighted by molar-refractivity contribution is 6.43. The van der Waals surface area contributed by atoms with Crippen molar-refractivity contribution < 1.29 is 19.5 Å². The lowest BCUT2D eigenvalue weighted by atomic mass is 10.0. The Balaban J connectivity index is 2.45. The third-order valence-corrected chi connectivity index (χ3v) is 2.41. The van der Waals surface area contributed by atoms with Crippen LogP contribution in [0.15, 0.2) is 24.3 Å². The number of benzene rings is 1. The average Bonchev–Trinajstić information content (AvgIpc) is 2.24. The molecule has 2 rings (SSSR count). The number of fused-ring (bicyclic) bond motifs is 1. The third kappa shape index (κ3) is 1.67. The fourth-order valence-corrected chi connectivity index (χ4v) is 1.72. The summed E-state index contributed by atoms with van der Waals surface area (Å²) in [5.74, 6) is -2.46. The second kappa shape index (κ2) is 3.77. The Labute approximate surface area is 91.3 Å². The second-order valence-corrected chi connectivity index (χ2v) is 3.51. The van der Waals surface area contributed by atoms with E-state index in [4.69, 9.17) is 5.11 Å². The maximum Gasteiger partial charge on any atom is 0.323 e. The number of para-hydroxylation sites is 1. The molecule has 0 atom stereocenters. The van der Waals surface area contributed by atoms with Crippen molar-refractivity contribution in [2.24, 2.45) is 0 Å². The molecular weight excluding hydrogens is 210 g/mol. The molecule has 82 valence electrons. The normalized spacial score (nSPS) is 14.9. The summed E-state index contributed by atoms with van der Waals surface area (Å²) in [7, 11) is 0. The van der Waals surface area contributed by atoms with Crippen LogP contribution in [0.25, 0.3) is 0 Å². The van der Waals surface area contributed by atoms with Gasteiger partial charge in [-0.15, -0.1) is 0 Å². The molecule has 5 heteroatoms. The van der Waals surface area contributed by atoms with Crippen LogP contribution >= 0.6 is 0 Å². The third-order valence-electron chi connectivity index (χ3n) is 2.41. The van der Waals surface area contributed by atoms with Crippen molar-refractivity contribution in [3.8, 4) is 0 Å². The Morgan fingerprint density at radius 3 is 2.69 bits per heavy atom. The Morgan fingerprint density at radius 1 is 1.31 bits per heavy atom. The van der Waals surface area contributed by atoms with Gasteiger partial charge in [0.1, 0.15) is 6.54 Å². The highest BCUT2D eigenvalue weighted by atomic mass is 16.4. The number of carbonyl (C=O) groups excluding carboxylic acids is 2. The summed E-state index contributed by atoms with van der Waals surface area (Å²) in [6.45, 7) is -0.485. The molecule has 0 aliphatic carbocycles. The van der Waals surface area contributed by atoms with E-state index in [0.29, 0.717) is 11.3 Å². The molecule has 0 saturated heterocycles. The van der Waals surface area contributed by atoms with Gasteiger partial charge in [0.15, 0.2) is 0 Å². The number of hydrogen-bond donors (Lipinski definition) is 1. The number of hydrogen-bond acceptors (Lipinski definition) is 3. The van der Waals surface area contributed by atoms with Crippen molar-refractivity contribution in [2.45, 2.75) is 6.42 Å². The van der Waals surface area contributed by atoms with Crippen molar-refractivity contribution in [1.82, 2.24) is 0 Å². The number of aliphatic carboxylic acids is 1. The van der Waals surface area contributed by atoms with Crippen LogP contribution in [0.1, 0.15) is 5.56 Å². The molecule has 1 aromatic carbocycles. The number of nitrogens with zero attached hydrogens (tertiary/aromatic N) is 1. The van der Waals surface area contributed by atoms with Crippen LogP contribution in [0.3, 0.4) is 0 Å². The molecule has 5 nitrogen and oxygen atoms in total. The quantitative estimate of drug-likeness (QED) is 0.722. The lowest BCUT2D eigenvalue weighted by Gasteiger charge is -2.26. The molecule has 0 spiro atoms. The Hall–Kier alpha value is -2.17. The summed E-state index contributed by atoms with van der Waals surface area (Å²) in [5, 5.41) is 8.69. The summed E-state index contributed by atoms with van der Waals surface area (Å²) in [6, 6.07) is 6.81. The highest BCUT2D eigenvalue weighted by Crippen LogP contribution is 2.25. The van der Waals surface area contributed by atoms with E-state index in [1.54, 1.807) is 24.3 Å². The standard InChI is InChI=1S/C11H9NO4/c13-9-5-7-3-1-2-4-8(7)12(11(9)16)6-10(14)15/h1-4H,5-6H2,(H,14,15). The maximum atomic E-state index is 11.5. The van der Waals surface area contributed by atoms with Crippen LogP contribution in [0.5, 0.6) is 0 Å². The van der Waals surface area contributed by atoms with Gasteiger partial charge >= 0.3 is 5.97 Å². The molecule has 0 aromatic heterocycles. The van der Waals surface area contributed by atoms with E-state index in [0.717, 1.165) is 4.90 Å². The number of carbonyl (C=O) groups is 3. The van der Waals surface area contributed by atoms with Gasteiger partial charge in [0.05, 0.1) is 0 Å². The minimum Gasteiger partial charge on any atom is -0.480 e. The van der Waals surface area contributed by atoms with Gasteiger partial charge in [-0.05, 0) is 11.6 Å². The summed E-state index contributed by atoms with van der Waals surface area (Å²) >= 11 is 0. The molecule has 0 saturated carbocycles. The van der Waals surface area contributed by atoms with Crippen LogP contribution in [0.2, 0.25) is 0 Å². The largest absolute Gasteiger partial charge is 0.480 e. The predicted octanol–water partition coefficient (Wildman–Crippen LogP) is 0.229. The van der Waals surface area contributed by atoms with E-state index in [9.17, 15) is 14.4 Å². The van der Waals surface area contributed by atoms with Crippen LogP contribution in [0, 0.1) is 0 Å². The topological polar surface area (TPSA) is 74.7 Å². The minimum atomic E-state index is -1.14. The average molecular weight is 219 g/mol. The van der Waals surface area contributed by atoms with Crippen molar-refractivity contribution in [1.29, 1.82) is 0 Å². The van der Waals surface area contributed by atoms with Gasteiger partial charge in [-0.2, -0.15) is 0 Å². The Kier molecular flexibility index (Phi) is 2.44.